The molecule has 0 aromatic heterocycles. The number of ether oxygens (including phenoxy) is 1. The van der Waals surface area contributed by atoms with E-state index < -0.39 is 11.5 Å². The van der Waals surface area contributed by atoms with Gasteiger partial charge in [-0.2, -0.15) is 5.10 Å². The van der Waals surface area contributed by atoms with Gasteiger partial charge >= 0.3 is 0 Å². The topological polar surface area (TPSA) is 70.9 Å². The molecule has 0 heterocycles. The van der Waals surface area contributed by atoms with Crippen molar-refractivity contribution in [2.24, 2.45) is 5.10 Å². The molecule has 0 aliphatic rings. The maximum absolute atomic E-state index is 12.9. The van der Waals surface area contributed by atoms with Gasteiger partial charge in [-0.15, -0.1) is 0 Å². The van der Waals surface area contributed by atoms with Crippen molar-refractivity contribution < 1.29 is 14.6 Å². The van der Waals surface area contributed by atoms with Gasteiger partial charge < -0.3 is 9.84 Å². The maximum atomic E-state index is 12.9. The maximum Gasteiger partial charge on any atom is 0.281 e. The first-order chi connectivity index (χ1) is 14.1. The Morgan fingerprint density at radius 2 is 1.52 bits per heavy atom. The van der Waals surface area contributed by atoms with Crippen molar-refractivity contribution in [2.75, 3.05) is 6.61 Å². The minimum Gasteiger partial charge on any atom is -0.490 e. The lowest BCUT2D eigenvalue weighted by Crippen LogP contribution is -2.43. The Morgan fingerprint density at radius 3 is 2.03 bits per heavy atom. The van der Waals surface area contributed by atoms with Gasteiger partial charge in [0.15, 0.2) is 5.60 Å². The molecule has 0 saturated heterocycles. The van der Waals surface area contributed by atoms with Gasteiger partial charge in [0.1, 0.15) is 12.4 Å². The zero-order valence-electron chi connectivity index (χ0n) is 15.9. The zero-order chi connectivity index (χ0) is 20.5. The molecule has 0 fully saturated rings. The van der Waals surface area contributed by atoms with E-state index in [4.69, 9.17) is 4.74 Å². The van der Waals surface area contributed by atoms with Gasteiger partial charge in [-0.25, -0.2) is 5.43 Å². The molecule has 0 aliphatic carbocycles. The number of carbonyl (C=O) groups is 1. The number of nitrogens with zero attached hydrogens (tertiary/aromatic N) is 1. The number of nitrogens with one attached hydrogen (secondary N) is 1. The number of amides is 1. The van der Waals surface area contributed by atoms with Crippen LogP contribution >= 0.6 is 0 Å². The third kappa shape index (κ3) is 4.78. The highest BCUT2D eigenvalue weighted by atomic mass is 16.5. The number of benzene rings is 3. The molecule has 2 N–H and O–H groups in total. The lowest BCUT2D eigenvalue weighted by atomic mass is 9.85. The number of rotatable bonds is 8. The van der Waals surface area contributed by atoms with Crippen LogP contribution in [0.5, 0.6) is 5.75 Å². The molecule has 0 bridgehead atoms. The van der Waals surface area contributed by atoms with E-state index in [1.54, 1.807) is 66.7 Å². The fourth-order valence-electron chi connectivity index (χ4n) is 2.84. The van der Waals surface area contributed by atoms with Crippen molar-refractivity contribution in [3.8, 4) is 5.75 Å². The molecule has 146 valence electrons. The fraction of sp³-hybridized carbons (Fsp3) is 0.0833. The second-order valence-corrected chi connectivity index (χ2v) is 6.31. The summed E-state index contributed by atoms with van der Waals surface area (Å²) in [6, 6.07) is 24.8. The van der Waals surface area contributed by atoms with Crippen molar-refractivity contribution >= 4 is 12.1 Å². The normalized spacial score (nSPS) is 11.2. The second-order valence-electron chi connectivity index (χ2n) is 6.31. The van der Waals surface area contributed by atoms with E-state index in [9.17, 15) is 9.90 Å². The van der Waals surface area contributed by atoms with Gasteiger partial charge in [-0.1, -0.05) is 73.3 Å². The van der Waals surface area contributed by atoms with E-state index in [0.717, 1.165) is 5.56 Å². The number of hydrogen-bond donors (Lipinski definition) is 2. The second kappa shape index (κ2) is 9.48. The predicted octanol–water partition coefficient (Wildman–Crippen LogP) is 3.64. The molecule has 3 aromatic carbocycles. The summed E-state index contributed by atoms with van der Waals surface area (Å²) in [5, 5.41) is 15.3. The molecule has 0 atom stereocenters. The Kier molecular flexibility index (Phi) is 6.55. The molecule has 1 amide bonds. The molecular formula is C24H22N2O3. The van der Waals surface area contributed by atoms with Crippen molar-refractivity contribution in [1.29, 1.82) is 0 Å². The fourth-order valence-corrected chi connectivity index (χ4v) is 2.84. The summed E-state index contributed by atoms with van der Waals surface area (Å²) in [5.41, 5.74) is 2.29. The van der Waals surface area contributed by atoms with E-state index >= 15 is 0 Å². The van der Waals surface area contributed by atoms with Crippen molar-refractivity contribution in [3.63, 3.8) is 0 Å². The van der Waals surface area contributed by atoms with Crippen LogP contribution in [0.2, 0.25) is 0 Å². The van der Waals surface area contributed by atoms with Crippen molar-refractivity contribution in [3.05, 3.63) is 114 Å². The van der Waals surface area contributed by atoms with Crippen LogP contribution in [0.15, 0.2) is 103 Å². The van der Waals surface area contributed by atoms with Crippen molar-refractivity contribution in [2.45, 2.75) is 5.60 Å². The summed E-state index contributed by atoms with van der Waals surface area (Å²) in [6.07, 6.45) is 3.18. The zero-order valence-corrected chi connectivity index (χ0v) is 15.9. The lowest BCUT2D eigenvalue weighted by molar-refractivity contribution is -0.136. The minimum absolute atomic E-state index is 0.432. The smallest absolute Gasteiger partial charge is 0.281 e. The van der Waals surface area contributed by atoms with E-state index in [2.05, 4.69) is 17.1 Å². The van der Waals surface area contributed by atoms with Crippen LogP contribution < -0.4 is 10.2 Å². The van der Waals surface area contributed by atoms with Crippen molar-refractivity contribution in [1.82, 2.24) is 5.43 Å². The molecule has 29 heavy (non-hydrogen) atoms. The third-order valence-corrected chi connectivity index (χ3v) is 4.34. The standard InChI is InChI=1S/C24H22N2O3/c1-2-17-29-22-15-13-19(14-16-22)18-25-26-23(27)24(28,20-9-5-3-6-10-20)21-11-7-4-8-12-21/h2-16,18,28H,1,17H2,(H,26,27). The van der Waals surface area contributed by atoms with E-state index in [0.29, 0.717) is 23.5 Å². The molecular weight excluding hydrogens is 364 g/mol. The molecule has 0 saturated carbocycles. The predicted molar refractivity (Wildman–Crippen MR) is 114 cm³/mol. The summed E-state index contributed by atoms with van der Waals surface area (Å²) in [6.45, 7) is 4.04. The Morgan fingerprint density at radius 1 is 0.966 bits per heavy atom. The van der Waals surface area contributed by atoms with Gasteiger partial charge in [0.25, 0.3) is 5.91 Å². The highest BCUT2D eigenvalue weighted by Crippen LogP contribution is 2.29. The molecule has 0 aliphatic heterocycles. The average Bonchev–Trinajstić information content (AvgIpc) is 2.79. The molecule has 3 rings (SSSR count). The summed E-state index contributed by atoms with van der Waals surface area (Å²) < 4.78 is 5.43. The molecule has 5 heteroatoms. The van der Waals surface area contributed by atoms with Gasteiger partial charge in [-0.3, -0.25) is 4.79 Å². The number of carbonyl (C=O) groups excluding carboxylic acids is 1. The number of hydrogen-bond acceptors (Lipinski definition) is 4. The van der Waals surface area contributed by atoms with Gasteiger partial charge in [0.05, 0.1) is 6.21 Å². The molecule has 0 radical (unpaired) electrons. The first kappa shape index (κ1) is 20.0. The Bertz CT molecular complexity index is 929. The van der Waals surface area contributed by atoms with E-state index in [1.807, 2.05) is 24.3 Å². The first-order valence-corrected chi connectivity index (χ1v) is 9.15. The minimum atomic E-state index is -1.86. The van der Waals surface area contributed by atoms with Crippen LogP contribution in [0, 0.1) is 0 Å². The summed E-state index contributed by atoms with van der Waals surface area (Å²) in [7, 11) is 0. The summed E-state index contributed by atoms with van der Waals surface area (Å²) >= 11 is 0. The number of hydrazone groups is 1. The first-order valence-electron chi connectivity index (χ1n) is 9.15. The highest BCUT2D eigenvalue weighted by molar-refractivity contribution is 5.91. The summed E-state index contributed by atoms with van der Waals surface area (Å²) in [4.78, 5) is 12.9. The average molecular weight is 386 g/mol. The highest BCUT2D eigenvalue weighted by Gasteiger charge is 2.39. The Labute approximate surface area is 170 Å². The van der Waals surface area contributed by atoms with Crippen LogP contribution in [0.4, 0.5) is 0 Å². The largest absolute Gasteiger partial charge is 0.490 e. The number of aliphatic hydroxyl groups is 1. The quantitative estimate of drug-likeness (QED) is 0.353. The van der Waals surface area contributed by atoms with Crippen LogP contribution in [-0.2, 0) is 10.4 Å². The van der Waals surface area contributed by atoms with Crippen LogP contribution in [0.25, 0.3) is 0 Å². The third-order valence-electron chi connectivity index (χ3n) is 4.34. The Hall–Kier alpha value is -3.70. The van der Waals surface area contributed by atoms with Crippen LogP contribution in [0.1, 0.15) is 16.7 Å². The van der Waals surface area contributed by atoms with E-state index in [-0.39, 0.29) is 0 Å². The van der Waals surface area contributed by atoms with Crippen LogP contribution in [0.3, 0.4) is 0 Å². The SMILES string of the molecule is C=CCOc1ccc(C=NNC(=O)C(O)(c2ccccc2)c2ccccc2)cc1. The van der Waals surface area contributed by atoms with Gasteiger partial charge in [-0.05, 0) is 41.0 Å². The molecule has 0 unspecified atom stereocenters. The van der Waals surface area contributed by atoms with Crippen LogP contribution in [-0.4, -0.2) is 23.8 Å². The summed E-state index contributed by atoms with van der Waals surface area (Å²) in [5.74, 6) is 0.0747. The van der Waals surface area contributed by atoms with E-state index in [1.165, 1.54) is 6.21 Å². The lowest BCUT2D eigenvalue weighted by Gasteiger charge is -2.27. The van der Waals surface area contributed by atoms with Gasteiger partial charge in [0, 0.05) is 0 Å². The molecule has 5 nitrogen and oxygen atoms in total. The monoisotopic (exact) mass is 386 g/mol. The Balaban J connectivity index is 1.77. The molecule has 3 aromatic rings. The van der Waals surface area contributed by atoms with Gasteiger partial charge in [0.2, 0.25) is 0 Å². The molecule has 0 spiro atoms.